The molecule has 114 valence electrons. The number of hydrogen-bond acceptors (Lipinski definition) is 5. The van der Waals surface area contributed by atoms with Crippen molar-refractivity contribution in [1.82, 2.24) is 14.9 Å². The Kier molecular flexibility index (Phi) is 4.05. The second kappa shape index (κ2) is 5.97. The van der Waals surface area contributed by atoms with Crippen LogP contribution >= 0.6 is 0 Å². The first-order valence-corrected chi connectivity index (χ1v) is 7.68. The van der Waals surface area contributed by atoms with Gasteiger partial charge in [-0.3, -0.25) is 9.69 Å². The highest BCUT2D eigenvalue weighted by molar-refractivity contribution is 5.73. The molecule has 0 radical (unpaired) electrons. The third kappa shape index (κ3) is 3.00. The number of carbonyl (C=O) groups is 1. The van der Waals surface area contributed by atoms with Crippen LogP contribution in [0, 0.1) is 6.92 Å². The highest BCUT2D eigenvalue weighted by Gasteiger charge is 2.36. The smallest absolute Gasteiger partial charge is 0.320 e. The number of carboxylic acids is 1. The van der Waals surface area contributed by atoms with Gasteiger partial charge in [0, 0.05) is 25.3 Å². The molecule has 0 bridgehead atoms. The van der Waals surface area contributed by atoms with Crippen molar-refractivity contribution in [3.8, 4) is 0 Å². The molecule has 0 spiro atoms. The van der Waals surface area contributed by atoms with Crippen molar-refractivity contribution in [2.75, 3.05) is 24.5 Å². The molecule has 2 fully saturated rings. The van der Waals surface area contributed by atoms with E-state index in [9.17, 15) is 9.90 Å². The lowest BCUT2D eigenvalue weighted by molar-refractivity contribution is -0.143. The Balaban J connectivity index is 1.61. The summed E-state index contributed by atoms with van der Waals surface area (Å²) in [6.45, 7) is 4.69. The summed E-state index contributed by atoms with van der Waals surface area (Å²) in [4.78, 5) is 24.4. The van der Waals surface area contributed by atoms with Crippen LogP contribution in [0.3, 0.4) is 0 Å². The first-order chi connectivity index (χ1) is 10.1. The van der Waals surface area contributed by atoms with Gasteiger partial charge in [0.1, 0.15) is 17.7 Å². The zero-order valence-electron chi connectivity index (χ0n) is 12.4. The second-order valence-electron chi connectivity index (χ2n) is 5.91. The normalized spacial score (nSPS) is 24.4. The molecule has 6 nitrogen and oxygen atoms in total. The van der Waals surface area contributed by atoms with E-state index < -0.39 is 5.97 Å². The molecule has 1 aromatic heterocycles. The number of rotatable bonds is 3. The molecular weight excluding hydrogens is 268 g/mol. The predicted molar refractivity (Wildman–Crippen MR) is 79.4 cm³/mol. The Morgan fingerprint density at radius 1 is 1.29 bits per heavy atom. The standard InChI is InChI=1S/C15H22N4O2/c1-11-16-7-4-14(17-11)18-9-5-12(6-10-18)19-8-2-3-13(19)15(20)21/h4,7,12-13H,2-3,5-6,8-10H2,1H3,(H,20,21). The lowest BCUT2D eigenvalue weighted by Crippen LogP contribution is -2.49. The summed E-state index contributed by atoms with van der Waals surface area (Å²) < 4.78 is 0. The molecule has 3 rings (SSSR count). The van der Waals surface area contributed by atoms with Gasteiger partial charge in [0.15, 0.2) is 0 Å². The van der Waals surface area contributed by atoms with Crippen LogP contribution in [0.2, 0.25) is 0 Å². The maximum Gasteiger partial charge on any atom is 0.320 e. The van der Waals surface area contributed by atoms with Crippen molar-refractivity contribution in [2.45, 2.75) is 44.7 Å². The molecule has 1 N–H and O–H groups in total. The molecule has 1 atom stereocenters. The number of carboxylic acid groups (broad SMARTS) is 1. The summed E-state index contributed by atoms with van der Waals surface area (Å²) in [6.07, 6.45) is 5.60. The van der Waals surface area contributed by atoms with Gasteiger partial charge < -0.3 is 10.0 Å². The van der Waals surface area contributed by atoms with E-state index in [1.807, 2.05) is 13.0 Å². The molecule has 2 aliphatic heterocycles. The van der Waals surface area contributed by atoms with Gasteiger partial charge in [-0.15, -0.1) is 0 Å². The van der Waals surface area contributed by atoms with Crippen LogP contribution in [-0.4, -0.2) is 57.7 Å². The van der Waals surface area contributed by atoms with Gasteiger partial charge in [-0.1, -0.05) is 0 Å². The molecule has 0 saturated carbocycles. The van der Waals surface area contributed by atoms with Crippen LogP contribution in [0.25, 0.3) is 0 Å². The minimum atomic E-state index is -0.665. The van der Waals surface area contributed by atoms with Crippen molar-refractivity contribution in [3.63, 3.8) is 0 Å². The fourth-order valence-corrected chi connectivity index (χ4v) is 3.54. The molecule has 0 aromatic carbocycles. The Labute approximate surface area is 124 Å². The lowest BCUT2D eigenvalue weighted by atomic mass is 10.0. The molecule has 1 aromatic rings. The average molecular weight is 290 g/mol. The predicted octanol–water partition coefficient (Wildman–Crippen LogP) is 1.30. The zero-order valence-corrected chi connectivity index (χ0v) is 12.4. The van der Waals surface area contributed by atoms with E-state index in [4.69, 9.17) is 0 Å². The van der Waals surface area contributed by atoms with Crippen molar-refractivity contribution in [3.05, 3.63) is 18.1 Å². The average Bonchev–Trinajstić information content (AvgIpc) is 2.97. The SMILES string of the molecule is Cc1nccc(N2CCC(N3CCCC3C(=O)O)CC2)n1. The van der Waals surface area contributed by atoms with Crippen LogP contribution in [0.5, 0.6) is 0 Å². The molecule has 0 aliphatic carbocycles. The van der Waals surface area contributed by atoms with E-state index in [0.717, 1.165) is 57.0 Å². The van der Waals surface area contributed by atoms with Crippen LogP contribution < -0.4 is 4.90 Å². The van der Waals surface area contributed by atoms with Crippen LogP contribution in [0.15, 0.2) is 12.3 Å². The van der Waals surface area contributed by atoms with E-state index >= 15 is 0 Å². The van der Waals surface area contributed by atoms with Crippen molar-refractivity contribution in [2.24, 2.45) is 0 Å². The monoisotopic (exact) mass is 290 g/mol. The summed E-state index contributed by atoms with van der Waals surface area (Å²) >= 11 is 0. The second-order valence-corrected chi connectivity index (χ2v) is 5.91. The number of hydrogen-bond donors (Lipinski definition) is 1. The number of piperidine rings is 1. The van der Waals surface area contributed by atoms with Crippen LogP contribution in [0.4, 0.5) is 5.82 Å². The van der Waals surface area contributed by atoms with Crippen molar-refractivity contribution >= 4 is 11.8 Å². The fourth-order valence-electron chi connectivity index (χ4n) is 3.54. The topological polar surface area (TPSA) is 69.6 Å². The number of nitrogens with zero attached hydrogens (tertiary/aromatic N) is 4. The van der Waals surface area contributed by atoms with Gasteiger partial charge in [0.05, 0.1) is 0 Å². The van der Waals surface area contributed by atoms with E-state index in [1.54, 1.807) is 6.20 Å². The first kappa shape index (κ1) is 14.3. The number of likely N-dealkylation sites (tertiary alicyclic amines) is 1. The van der Waals surface area contributed by atoms with Gasteiger partial charge >= 0.3 is 5.97 Å². The van der Waals surface area contributed by atoms with Gasteiger partial charge in [0.2, 0.25) is 0 Å². The van der Waals surface area contributed by atoms with Gasteiger partial charge in [-0.25, -0.2) is 9.97 Å². The number of anilines is 1. The molecule has 21 heavy (non-hydrogen) atoms. The molecular formula is C15H22N4O2. The van der Waals surface area contributed by atoms with Gasteiger partial charge in [0.25, 0.3) is 0 Å². The molecule has 2 saturated heterocycles. The fraction of sp³-hybridized carbons (Fsp3) is 0.667. The lowest BCUT2D eigenvalue weighted by Gasteiger charge is -2.38. The Bertz CT molecular complexity index is 514. The summed E-state index contributed by atoms with van der Waals surface area (Å²) in [6, 6.07) is 2.07. The largest absolute Gasteiger partial charge is 0.480 e. The number of aromatic nitrogens is 2. The third-order valence-corrected chi connectivity index (χ3v) is 4.60. The van der Waals surface area contributed by atoms with Crippen LogP contribution in [0.1, 0.15) is 31.5 Å². The quantitative estimate of drug-likeness (QED) is 0.905. The summed E-state index contributed by atoms with van der Waals surface area (Å²) in [5, 5.41) is 9.31. The zero-order chi connectivity index (χ0) is 14.8. The summed E-state index contributed by atoms with van der Waals surface area (Å²) in [7, 11) is 0. The highest BCUT2D eigenvalue weighted by Crippen LogP contribution is 2.27. The minimum absolute atomic E-state index is 0.275. The Morgan fingerprint density at radius 2 is 2.05 bits per heavy atom. The minimum Gasteiger partial charge on any atom is -0.480 e. The van der Waals surface area contributed by atoms with Crippen LogP contribution in [-0.2, 0) is 4.79 Å². The molecule has 0 amide bonds. The molecule has 1 unspecified atom stereocenters. The number of aryl methyl sites for hydroxylation is 1. The third-order valence-electron chi connectivity index (χ3n) is 4.60. The highest BCUT2D eigenvalue weighted by atomic mass is 16.4. The molecule has 6 heteroatoms. The Hall–Kier alpha value is -1.69. The van der Waals surface area contributed by atoms with Gasteiger partial charge in [-0.05, 0) is 45.2 Å². The first-order valence-electron chi connectivity index (χ1n) is 7.68. The van der Waals surface area contributed by atoms with Gasteiger partial charge in [-0.2, -0.15) is 0 Å². The summed E-state index contributed by atoms with van der Waals surface area (Å²) in [5.41, 5.74) is 0. The van der Waals surface area contributed by atoms with E-state index in [1.165, 1.54) is 0 Å². The Morgan fingerprint density at radius 3 is 2.71 bits per heavy atom. The maximum absolute atomic E-state index is 11.3. The van der Waals surface area contributed by atoms with E-state index in [-0.39, 0.29) is 6.04 Å². The maximum atomic E-state index is 11.3. The molecule has 2 aliphatic rings. The molecule has 3 heterocycles. The van der Waals surface area contributed by atoms with Crippen molar-refractivity contribution in [1.29, 1.82) is 0 Å². The van der Waals surface area contributed by atoms with E-state index in [0.29, 0.717) is 6.04 Å². The summed E-state index contributed by atoms with van der Waals surface area (Å²) in [5.74, 6) is 1.11. The van der Waals surface area contributed by atoms with E-state index in [2.05, 4.69) is 19.8 Å². The number of aliphatic carboxylic acids is 1. The van der Waals surface area contributed by atoms with Crippen molar-refractivity contribution < 1.29 is 9.90 Å².